The first kappa shape index (κ1) is 14.1. The van der Waals surface area contributed by atoms with E-state index in [-0.39, 0.29) is 0 Å². The zero-order valence-corrected chi connectivity index (χ0v) is 11.5. The normalized spacial score (nSPS) is 12.6. The summed E-state index contributed by atoms with van der Waals surface area (Å²) in [5.74, 6) is 4.11. The molecule has 0 heterocycles. The minimum atomic E-state index is 0.810. The second kappa shape index (κ2) is 5.83. The Morgan fingerprint density at radius 1 is 0.571 bits per heavy atom. The van der Waals surface area contributed by atoms with E-state index in [1.807, 2.05) is 0 Å². The zero-order valence-electron chi connectivity index (χ0n) is 11.5. The van der Waals surface area contributed by atoms with Gasteiger partial charge in [0.2, 0.25) is 0 Å². The highest BCUT2D eigenvalue weighted by Crippen LogP contribution is 2.39. The van der Waals surface area contributed by atoms with Crippen molar-refractivity contribution in [2.75, 3.05) is 0 Å². The van der Waals surface area contributed by atoms with Gasteiger partial charge in [0.1, 0.15) is 6.71 Å². The largest absolute Gasteiger partial charge is 0.149 e. The Hall–Kier alpha value is 0.0649. The summed E-state index contributed by atoms with van der Waals surface area (Å²) in [6, 6.07) is 0. The van der Waals surface area contributed by atoms with E-state index in [2.05, 4.69) is 55.4 Å². The molecule has 0 bridgehead atoms. The quantitative estimate of drug-likeness (QED) is 0.544. The van der Waals surface area contributed by atoms with Gasteiger partial charge in [-0.1, -0.05) is 84.7 Å². The Bertz CT molecular complexity index is 113. The Balaban J connectivity index is 4.74. The van der Waals surface area contributed by atoms with Gasteiger partial charge in [-0.2, -0.15) is 0 Å². The van der Waals surface area contributed by atoms with Crippen molar-refractivity contribution in [1.29, 1.82) is 0 Å². The molecule has 0 aromatic rings. The Morgan fingerprint density at radius 3 is 0.929 bits per heavy atom. The molecule has 0 unspecified atom stereocenters. The molecule has 0 fully saturated rings. The lowest BCUT2D eigenvalue weighted by Gasteiger charge is -2.36. The molecule has 0 saturated heterocycles. The standard InChI is InChI=1S/C13H29B/c1-9(2)13(10(3)4)14(11(5)6)12(7)8/h9-13H,1-8H3. The molecule has 84 valence electrons. The summed E-state index contributed by atoms with van der Waals surface area (Å²) >= 11 is 0. The van der Waals surface area contributed by atoms with E-state index in [0.717, 1.165) is 36.0 Å². The van der Waals surface area contributed by atoms with Crippen LogP contribution >= 0.6 is 0 Å². The van der Waals surface area contributed by atoms with Crippen molar-refractivity contribution in [3.05, 3.63) is 0 Å². The molecule has 0 radical (unpaired) electrons. The smallest absolute Gasteiger partial charge is 0.0693 e. The molecule has 0 atom stereocenters. The average Bonchev–Trinajstić information content (AvgIpc) is 1.96. The molecule has 0 aliphatic heterocycles. The molecule has 0 saturated carbocycles. The summed E-state index contributed by atoms with van der Waals surface area (Å²) in [7, 11) is 0. The number of hydrogen-bond acceptors (Lipinski definition) is 0. The Kier molecular flexibility index (Phi) is 5.85. The van der Waals surface area contributed by atoms with Crippen LogP contribution in [0.2, 0.25) is 17.5 Å². The molecule has 1 heteroatoms. The molecule has 0 nitrogen and oxygen atoms in total. The van der Waals surface area contributed by atoms with Crippen molar-refractivity contribution >= 4 is 6.71 Å². The molecule has 0 aliphatic rings. The van der Waals surface area contributed by atoms with Crippen LogP contribution in [-0.4, -0.2) is 6.71 Å². The Labute approximate surface area is 91.9 Å². The van der Waals surface area contributed by atoms with Crippen molar-refractivity contribution in [3.8, 4) is 0 Å². The van der Waals surface area contributed by atoms with Gasteiger partial charge in [0.25, 0.3) is 0 Å². The Morgan fingerprint density at radius 2 is 0.857 bits per heavy atom. The lowest BCUT2D eigenvalue weighted by atomic mass is 9.26. The fourth-order valence-electron chi connectivity index (χ4n) is 3.32. The van der Waals surface area contributed by atoms with Gasteiger partial charge >= 0.3 is 0 Å². The van der Waals surface area contributed by atoms with Crippen LogP contribution in [-0.2, 0) is 0 Å². The van der Waals surface area contributed by atoms with Gasteiger partial charge in [-0.15, -0.1) is 0 Å². The fourth-order valence-corrected chi connectivity index (χ4v) is 3.32. The number of rotatable bonds is 5. The minimum absolute atomic E-state index is 0.810. The van der Waals surface area contributed by atoms with Crippen LogP contribution in [0.4, 0.5) is 0 Å². The molecular weight excluding hydrogens is 167 g/mol. The second-order valence-corrected chi connectivity index (χ2v) is 6.13. The summed E-state index contributed by atoms with van der Waals surface area (Å²) in [6.07, 6.45) is 0. The highest BCUT2D eigenvalue weighted by molar-refractivity contribution is 6.63. The van der Waals surface area contributed by atoms with Crippen molar-refractivity contribution in [2.45, 2.75) is 72.8 Å². The van der Waals surface area contributed by atoms with Gasteiger partial charge in [0.15, 0.2) is 0 Å². The van der Waals surface area contributed by atoms with Gasteiger partial charge in [-0.25, -0.2) is 0 Å². The molecule has 0 aromatic carbocycles. The molecular formula is C13H29B. The van der Waals surface area contributed by atoms with E-state index in [1.165, 1.54) is 0 Å². The maximum absolute atomic E-state index is 2.38. The van der Waals surface area contributed by atoms with Crippen LogP contribution in [0.25, 0.3) is 0 Å². The van der Waals surface area contributed by atoms with Crippen LogP contribution in [0.3, 0.4) is 0 Å². The lowest BCUT2D eigenvalue weighted by Crippen LogP contribution is -2.33. The minimum Gasteiger partial charge on any atom is -0.0693 e. The summed E-state index contributed by atoms with van der Waals surface area (Å²) in [5.41, 5.74) is 0. The first-order valence-electron chi connectivity index (χ1n) is 6.29. The maximum atomic E-state index is 2.38. The fraction of sp³-hybridized carbons (Fsp3) is 1.00. The molecule has 0 aliphatic carbocycles. The van der Waals surface area contributed by atoms with E-state index in [9.17, 15) is 0 Å². The van der Waals surface area contributed by atoms with Gasteiger partial charge < -0.3 is 0 Å². The SMILES string of the molecule is CC(C)B(C(C)C)C(C(C)C)C(C)C. The molecule has 0 spiro atoms. The van der Waals surface area contributed by atoms with Crippen LogP contribution < -0.4 is 0 Å². The predicted octanol–water partition coefficient (Wildman–Crippen LogP) is 4.98. The summed E-state index contributed by atoms with van der Waals surface area (Å²) < 4.78 is 0. The van der Waals surface area contributed by atoms with Gasteiger partial charge in [0.05, 0.1) is 0 Å². The summed E-state index contributed by atoms with van der Waals surface area (Å²) in [5, 5.41) is 0. The van der Waals surface area contributed by atoms with E-state index >= 15 is 0 Å². The average molecular weight is 196 g/mol. The van der Waals surface area contributed by atoms with Gasteiger partial charge in [-0.3, -0.25) is 0 Å². The first-order valence-corrected chi connectivity index (χ1v) is 6.29. The summed E-state index contributed by atoms with van der Waals surface area (Å²) in [6.45, 7) is 19.9. The zero-order chi connectivity index (χ0) is 11.5. The van der Waals surface area contributed by atoms with Gasteiger partial charge in [0, 0.05) is 0 Å². The molecule has 0 rings (SSSR count). The van der Waals surface area contributed by atoms with Crippen molar-refractivity contribution in [1.82, 2.24) is 0 Å². The topological polar surface area (TPSA) is 0 Å². The van der Waals surface area contributed by atoms with E-state index in [0.29, 0.717) is 0 Å². The van der Waals surface area contributed by atoms with Crippen molar-refractivity contribution in [3.63, 3.8) is 0 Å². The highest BCUT2D eigenvalue weighted by Gasteiger charge is 2.34. The maximum Gasteiger partial charge on any atom is 0.149 e. The molecule has 0 amide bonds. The van der Waals surface area contributed by atoms with Crippen LogP contribution in [0.5, 0.6) is 0 Å². The van der Waals surface area contributed by atoms with Crippen molar-refractivity contribution in [2.24, 2.45) is 11.8 Å². The third kappa shape index (κ3) is 3.67. The monoisotopic (exact) mass is 196 g/mol. The molecule has 14 heavy (non-hydrogen) atoms. The molecule has 0 aromatic heterocycles. The first-order chi connectivity index (χ1) is 6.29. The highest BCUT2D eigenvalue weighted by atomic mass is 14.2. The van der Waals surface area contributed by atoms with Crippen LogP contribution in [0.15, 0.2) is 0 Å². The lowest BCUT2D eigenvalue weighted by molar-refractivity contribution is 0.449. The molecule has 0 N–H and O–H groups in total. The van der Waals surface area contributed by atoms with Crippen LogP contribution in [0.1, 0.15) is 55.4 Å². The van der Waals surface area contributed by atoms with E-state index in [4.69, 9.17) is 0 Å². The third-order valence-corrected chi connectivity index (χ3v) is 3.52. The van der Waals surface area contributed by atoms with E-state index < -0.39 is 0 Å². The predicted molar refractivity (Wildman–Crippen MR) is 69.4 cm³/mol. The second-order valence-electron chi connectivity index (χ2n) is 6.13. The summed E-state index contributed by atoms with van der Waals surface area (Å²) in [4.78, 5) is 0. The number of hydrogen-bond donors (Lipinski definition) is 0. The van der Waals surface area contributed by atoms with Crippen LogP contribution in [0, 0.1) is 11.8 Å². The van der Waals surface area contributed by atoms with E-state index in [1.54, 1.807) is 0 Å². The van der Waals surface area contributed by atoms with Crippen molar-refractivity contribution < 1.29 is 0 Å². The third-order valence-electron chi connectivity index (χ3n) is 3.52. The van der Waals surface area contributed by atoms with Gasteiger partial charge in [-0.05, 0) is 0 Å².